The van der Waals surface area contributed by atoms with Crippen molar-refractivity contribution in [3.8, 4) is 0 Å². The van der Waals surface area contributed by atoms with Crippen LogP contribution in [0.1, 0.15) is 77.0 Å². The molecule has 1 N–H and O–H groups in total. The number of ether oxygens (including phenoxy) is 2. The average Bonchev–Trinajstić information content (AvgIpc) is 3.50. The quantitative estimate of drug-likeness (QED) is 0.356. The van der Waals surface area contributed by atoms with Crippen molar-refractivity contribution in [3.63, 3.8) is 0 Å². The van der Waals surface area contributed by atoms with Crippen LogP contribution in [0.2, 0.25) is 0 Å². The molecule has 3 aromatic rings. The number of amides is 1. The van der Waals surface area contributed by atoms with Crippen molar-refractivity contribution in [2.24, 2.45) is 7.05 Å². The fourth-order valence-corrected chi connectivity index (χ4v) is 6.86. The lowest BCUT2D eigenvalue weighted by molar-refractivity contribution is -0.138. The number of benzene rings is 2. The summed E-state index contributed by atoms with van der Waals surface area (Å²) >= 11 is 0. The molecule has 0 bridgehead atoms. The van der Waals surface area contributed by atoms with Crippen LogP contribution < -0.4 is 10.2 Å². The number of nitrogens with one attached hydrogen (secondary N) is 1. The van der Waals surface area contributed by atoms with Crippen molar-refractivity contribution in [1.29, 1.82) is 0 Å². The van der Waals surface area contributed by atoms with Gasteiger partial charge in [0.2, 0.25) is 0 Å². The van der Waals surface area contributed by atoms with Crippen molar-refractivity contribution in [2.75, 3.05) is 25.7 Å². The maximum absolute atomic E-state index is 14.3. The molecule has 2 aromatic carbocycles. The van der Waals surface area contributed by atoms with Crippen molar-refractivity contribution < 1.29 is 27.4 Å². The van der Waals surface area contributed by atoms with Gasteiger partial charge in [0, 0.05) is 51.2 Å². The van der Waals surface area contributed by atoms with E-state index in [1.54, 1.807) is 32.7 Å². The Hall–Kier alpha value is -3.28. The summed E-state index contributed by atoms with van der Waals surface area (Å²) in [5.41, 5.74) is 0.714. The third-order valence-electron chi connectivity index (χ3n) is 9.51. The van der Waals surface area contributed by atoms with Crippen LogP contribution in [0.4, 0.5) is 18.9 Å². The summed E-state index contributed by atoms with van der Waals surface area (Å²) in [5.74, 6) is 0.360. The first-order valence-corrected chi connectivity index (χ1v) is 14.4. The minimum absolute atomic E-state index is 0.0190. The van der Waals surface area contributed by atoms with Gasteiger partial charge in [0.25, 0.3) is 5.91 Å². The fraction of sp³-hybridized carbons (Fsp3) is 0.516. The lowest BCUT2D eigenvalue weighted by atomic mass is 9.62. The van der Waals surface area contributed by atoms with Gasteiger partial charge in [-0.3, -0.25) is 4.79 Å². The number of anilines is 1. The van der Waals surface area contributed by atoms with Gasteiger partial charge in [0.1, 0.15) is 12.2 Å². The molecule has 0 radical (unpaired) electrons. The highest BCUT2D eigenvalue weighted by Gasteiger charge is 2.50. The second-order valence-corrected chi connectivity index (χ2v) is 12.0. The molecular weight excluding hydrogens is 547 g/mol. The van der Waals surface area contributed by atoms with Gasteiger partial charge in [0.05, 0.1) is 23.6 Å². The SMILES string of the molecule is COCCC1(NCc2cc3c(c(C(F)(F)F)c2)CN(c2cccc(C4(c5nncn5C)CC(OC)C4)c2)C3=O)CCC1. The summed E-state index contributed by atoms with van der Waals surface area (Å²) in [6.45, 7) is 0.695. The Bertz CT molecular complexity index is 1480. The highest BCUT2D eigenvalue weighted by Crippen LogP contribution is 2.50. The minimum Gasteiger partial charge on any atom is -0.385 e. The zero-order valence-corrected chi connectivity index (χ0v) is 24.1. The highest BCUT2D eigenvalue weighted by atomic mass is 19.4. The number of alkyl halides is 3. The van der Waals surface area contributed by atoms with Gasteiger partial charge in [-0.05, 0) is 79.5 Å². The number of nitrogens with zero attached hydrogens (tertiary/aromatic N) is 4. The van der Waals surface area contributed by atoms with Gasteiger partial charge in [-0.1, -0.05) is 12.1 Å². The monoisotopic (exact) mass is 583 g/mol. The first-order valence-electron chi connectivity index (χ1n) is 14.4. The van der Waals surface area contributed by atoms with Crippen molar-refractivity contribution in [3.05, 3.63) is 76.4 Å². The lowest BCUT2D eigenvalue weighted by Crippen LogP contribution is -2.51. The fourth-order valence-electron chi connectivity index (χ4n) is 6.86. The van der Waals surface area contributed by atoms with Crippen LogP contribution in [0.5, 0.6) is 0 Å². The molecule has 1 amide bonds. The molecule has 11 heteroatoms. The number of methoxy groups -OCH3 is 2. The van der Waals surface area contributed by atoms with Crippen LogP contribution >= 0.6 is 0 Å². The van der Waals surface area contributed by atoms with Gasteiger partial charge in [0.15, 0.2) is 0 Å². The summed E-state index contributed by atoms with van der Waals surface area (Å²) in [6, 6.07) is 10.3. The van der Waals surface area contributed by atoms with Crippen molar-refractivity contribution in [2.45, 2.75) is 74.8 Å². The number of carbonyl (C=O) groups is 1. The molecule has 6 rings (SSSR count). The van der Waals surface area contributed by atoms with Crippen molar-refractivity contribution in [1.82, 2.24) is 20.1 Å². The third-order valence-corrected chi connectivity index (χ3v) is 9.51. The molecule has 2 heterocycles. The molecule has 2 saturated carbocycles. The molecule has 0 atom stereocenters. The molecular formula is C31H36F3N5O3. The summed E-state index contributed by atoms with van der Waals surface area (Å²) in [4.78, 5) is 15.2. The van der Waals surface area contributed by atoms with Crippen LogP contribution in [-0.4, -0.2) is 53.1 Å². The number of aromatic nitrogens is 3. The number of aryl methyl sites for hydroxylation is 1. The van der Waals surface area contributed by atoms with Gasteiger partial charge >= 0.3 is 6.18 Å². The van der Waals surface area contributed by atoms with E-state index in [2.05, 4.69) is 15.5 Å². The number of hydrogen-bond acceptors (Lipinski definition) is 6. The molecule has 224 valence electrons. The first-order chi connectivity index (χ1) is 20.1. The Morgan fingerprint density at radius 2 is 1.93 bits per heavy atom. The topological polar surface area (TPSA) is 81.5 Å². The number of fused-ring (bicyclic) bond motifs is 1. The number of halogens is 3. The average molecular weight is 584 g/mol. The maximum Gasteiger partial charge on any atom is 0.416 e. The van der Waals surface area contributed by atoms with E-state index in [0.29, 0.717) is 30.7 Å². The molecule has 0 unspecified atom stereocenters. The molecule has 0 saturated heterocycles. The summed E-state index contributed by atoms with van der Waals surface area (Å²) in [7, 11) is 5.21. The first kappa shape index (κ1) is 28.8. The van der Waals surface area contributed by atoms with Gasteiger partial charge < -0.3 is 24.3 Å². The van der Waals surface area contributed by atoms with Gasteiger partial charge in [-0.25, -0.2) is 0 Å². The summed E-state index contributed by atoms with van der Waals surface area (Å²) in [5, 5.41) is 11.9. The van der Waals surface area contributed by atoms with E-state index >= 15 is 0 Å². The molecule has 8 nitrogen and oxygen atoms in total. The van der Waals surface area contributed by atoms with E-state index in [9.17, 15) is 18.0 Å². The van der Waals surface area contributed by atoms with Crippen LogP contribution in [0.3, 0.4) is 0 Å². The normalized spacial score (nSPS) is 23.0. The van der Waals surface area contributed by atoms with Crippen molar-refractivity contribution >= 4 is 11.6 Å². The zero-order chi connectivity index (χ0) is 29.7. The highest BCUT2D eigenvalue weighted by molar-refractivity contribution is 6.10. The van der Waals surface area contributed by atoms with Gasteiger partial charge in [-0.15, -0.1) is 10.2 Å². The van der Waals surface area contributed by atoms with E-state index in [0.717, 1.165) is 37.1 Å². The molecule has 3 aliphatic rings. The molecule has 2 aliphatic carbocycles. The molecule has 2 fully saturated rings. The van der Waals surface area contributed by atoms with Crippen LogP contribution in [0.25, 0.3) is 0 Å². The number of hydrogen-bond donors (Lipinski definition) is 1. The smallest absolute Gasteiger partial charge is 0.385 e. The van der Waals surface area contributed by atoms with Crippen LogP contribution in [0.15, 0.2) is 42.7 Å². The van der Waals surface area contributed by atoms with E-state index in [1.165, 1.54) is 11.0 Å². The number of carbonyl (C=O) groups excluding carboxylic acids is 1. The lowest BCUT2D eigenvalue weighted by Gasteiger charge is -2.46. The summed E-state index contributed by atoms with van der Waals surface area (Å²) < 4.78 is 55.7. The molecule has 0 spiro atoms. The second-order valence-electron chi connectivity index (χ2n) is 12.0. The van der Waals surface area contributed by atoms with Crippen LogP contribution in [-0.2, 0) is 41.2 Å². The Morgan fingerprint density at radius 1 is 1.14 bits per heavy atom. The molecule has 1 aromatic heterocycles. The molecule has 42 heavy (non-hydrogen) atoms. The predicted molar refractivity (Wildman–Crippen MR) is 150 cm³/mol. The largest absolute Gasteiger partial charge is 0.416 e. The maximum atomic E-state index is 14.3. The Balaban J connectivity index is 1.31. The Kier molecular flexibility index (Phi) is 7.39. The van der Waals surface area contributed by atoms with E-state index < -0.39 is 23.1 Å². The van der Waals surface area contributed by atoms with Crippen LogP contribution in [0, 0.1) is 0 Å². The second kappa shape index (κ2) is 10.8. The van der Waals surface area contributed by atoms with E-state index in [1.807, 2.05) is 29.8 Å². The zero-order valence-electron chi connectivity index (χ0n) is 24.1. The molecule has 1 aliphatic heterocycles. The van der Waals surface area contributed by atoms with Gasteiger partial charge in [-0.2, -0.15) is 13.2 Å². The number of rotatable bonds is 10. The van der Waals surface area contributed by atoms with E-state index in [-0.39, 0.29) is 35.9 Å². The standard InChI is InChI=1S/C31H36F3N5O3/c1-38-19-36-37-28(38)30(15-23(16-30)42-3)21-6-4-7-22(14-21)39-18-25-24(27(39)40)12-20(13-26(25)31(32,33)34)17-35-29(8-5-9-29)10-11-41-2/h4,6-7,12-14,19,23,35H,5,8-11,15-18H2,1-3H3. The Labute approximate surface area is 243 Å². The third kappa shape index (κ3) is 4.91. The summed E-state index contributed by atoms with van der Waals surface area (Å²) in [6.07, 6.45) is 2.28. The van der Waals surface area contributed by atoms with E-state index in [4.69, 9.17) is 9.47 Å². The predicted octanol–water partition coefficient (Wildman–Crippen LogP) is 5.14. The minimum atomic E-state index is -4.58. The Morgan fingerprint density at radius 3 is 2.55 bits per heavy atom.